The Morgan fingerprint density at radius 1 is 1.09 bits per heavy atom. The van der Waals surface area contributed by atoms with E-state index in [4.69, 9.17) is 16.3 Å². The molecular weight excluding hydrogens is 317 g/mol. The van der Waals surface area contributed by atoms with E-state index in [1.807, 2.05) is 12.1 Å². The fourth-order valence-electron chi connectivity index (χ4n) is 3.59. The lowest BCUT2D eigenvalue weighted by atomic mass is 9.87. The maximum atomic E-state index is 6.07. The summed E-state index contributed by atoms with van der Waals surface area (Å²) in [6.45, 7) is 4.05. The average molecular weight is 336 g/mol. The number of halogens is 2. The Labute approximate surface area is 142 Å². The van der Waals surface area contributed by atoms with Crippen LogP contribution in [0, 0.1) is 5.92 Å². The fraction of sp³-hybridized carbons (Fsp3) is 0.333. The third kappa shape index (κ3) is 2.96. The molecule has 2 aliphatic heterocycles. The Morgan fingerprint density at radius 3 is 2.73 bits per heavy atom. The highest BCUT2D eigenvalue weighted by Gasteiger charge is 2.38. The highest BCUT2D eigenvalue weighted by molar-refractivity contribution is 6.30. The van der Waals surface area contributed by atoms with Gasteiger partial charge in [-0.25, -0.2) is 0 Å². The Hall–Kier alpha value is -1.22. The zero-order valence-electron chi connectivity index (χ0n) is 12.2. The van der Waals surface area contributed by atoms with Crippen LogP contribution < -0.4 is 4.74 Å². The molecular formula is C18H19Cl2NO. The van der Waals surface area contributed by atoms with Gasteiger partial charge in [0.1, 0.15) is 5.75 Å². The minimum Gasteiger partial charge on any atom is -0.493 e. The van der Waals surface area contributed by atoms with Crippen molar-refractivity contribution in [2.75, 3.05) is 19.7 Å². The van der Waals surface area contributed by atoms with Gasteiger partial charge in [-0.05, 0) is 23.3 Å². The van der Waals surface area contributed by atoms with Gasteiger partial charge >= 0.3 is 0 Å². The molecule has 1 fully saturated rings. The van der Waals surface area contributed by atoms with Gasteiger partial charge < -0.3 is 4.74 Å². The van der Waals surface area contributed by atoms with Crippen LogP contribution in [0.3, 0.4) is 0 Å². The van der Waals surface area contributed by atoms with E-state index in [1.165, 1.54) is 11.1 Å². The SMILES string of the molecule is Cl.Clc1ccc2c(c1)OCC1CN(Cc3ccccc3)CC21. The molecule has 0 saturated carbocycles. The number of hydrogen-bond acceptors (Lipinski definition) is 2. The van der Waals surface area contributed by atoms with Crippen molar-refractivity contribution in [3.05, 3.63) is 64.7 Å². The van der Waals surface area contributed by atoms with Gasteiger partial charge in [0, 0.05) is 36.5 Å². The number of ether oxygens (including phenoxy) is 1. The Bertz CT molecular complexity index is 647. The molecule has 0 aliphatic carbocycles. The first-order valence-electron chi connectivity index (χ1n) is 7.48. The van der Waals surface area contributed by atoms with E-state index in [9.17, 15) is 0 Å². The molecule has 4 heteroatoms. The highest BCUT2D eigenvalue weighted by Crippen LogP contribution is 2.42. The molecule has 4 rings (SSSR count). The molecule has 2 aromatic rings. The number of likely N-dealkylation sites (tertiary alicyclic amines) is 1. The van der Waals surface area contributed by atoms with E-state index in [1.54, 1.807) is 0 Å². The van der Waals surface area contributed by atoms with E-state index in [0.29, 0.717) is 11.8 Å². The maximum absolute atomic E-state index is 6.07. The van der Waals surface area contributed by atoms with E-state index in [0.717, 1.165) is 37.0 Å². The summed E-state index contributed by atoms with van der Waals surface area (Å²) >= 11 is 6.07. The van der Waals surface area contributed by atoms with E-state index >= 15 is 0 Å². The van der Waals surface area contributed by atoms with E-state index in [-0.39, 0.29) is 12.4 Å². The van der Waals surface area contributed by atoms with Crippen LogP contribution in [0.2, 0.25) is 5.02 Å². The van der Waals surface area contributed by atoms with Crippen LogP contribution >= 0.6 is 24.0 Å². The Morgan fingerprint density at radius 2 is 1.91 bits per heavy atom. The summed E-state index contributed by atoms with van der Waals surface area (Å²) in [6, 6.07) is 16.8. The number of fused-ring (bicyclic) bond motifs is 3. The molecule has 2 atom stereocenters. The lowest BCUT2D eigenvalue weighted by Crippen LogP contribution is -2.25. The van der Waals surface area contributed by atoms with Crippen LogP contribution in [-0.4, -0.2) is 24.6 Å². The minimum atomic E-state index is 0. The van der Waals surface area contributed by atoms with Gasteiger partial charge in [0.2, 0.25) is 0 Å². The number of nitrogens with zero attached hydrogens (tertiary/aromatic N) is 1. The smallest absolute Gasteiger partial charge is 0.124 e. The molecule has 0 aromatic heterocycles. The standard InChI is InChI=1S/C18H18ClNO.ClH/c19-15-6-7-16-17-11-20(9-13-4-2-1-3-5-13)10-14(17)12-21-18(16)8-15;/h1-8,14,17H,9-12H2;1H. The van der Waals surface area contributed by atoms with E-state index in [2.05, 4.69) is 41.3 Å². The predicted octanol–water partition coefficient (Wildman–Crippen LogP) is 4.37. The number of benzene rings is 2. The van der Waals surface area contributed by atoms with Gasteiger partial charge in [-0.15, -0.1) is 12.4 Å². The first-order chi connectivity index (χ1) is 10.3. The van der Waals surface area contributed by atoms with Gasteiger partial charge in [-0.3, -0.25) is 4.90 Å². The predicted molar refractivity (Wildman–Crippen MR) is 92.1 cm³/mol. The molecule has 0 bridgehead atoms. The lowest BCUT2D eigenvalue weighted by Gasteiger charge is -2.27. The second kappa shape index (κ2) is 6.49. The van der Waals surface area contributed by atoms with Crippen molar-refractivity contribution >= 4 is 24.0 Å². The van der Waals surface area contributed by atoms with Gasteiger partial charge in [0.25, 0.3) is 0 Å². The summed E-state index contributed by atoms with van der Waals surface area (Å²) in [5, 5.41) is 0.756. The van der Waals surface area contributed by atoms with Crippen molar-refractivity contribution < 1.29 is 4.74 Å². The first-order valence-corrected chi connectivity index (χ1v) is 7.86. The molecule has 0 N–H and O–H groups in total. The van der Waals surface area contributed by atoms with Crippen molar-refractivity contribution in [1.29, 1.82) is 0 Å². The van der Waals surface area contributed by atoms with Crippen molar-refractivity contribution in [1.82, 2.24) is 4.90 Å². The Kier molecular flexibility index (Phi) is 4.62. The third-order valence-corrected chi connectivity index (χ3v) is 4.83. The lowest BCUT2D eigenvalue weighted by molar-refractivity contribution is 0.212. The molecule has 0 radical (unpaired) electrons. The first kappa shape index (κ1) is 15.7. The highest BCUT2D eigenvalue weighted by atomic mass is 35.5. The molecule has 2 unspecified atom stereocenters. The maximum Gasteiger partial charge on any atom is 0.124 e. The number of rotatable bonds is 2. The molecule has 116 valence electrons. The molecule has 0 spiro atoms. The average Bonchev–Trinajstić information content (AvgIpc) is 2.90. The van der Waals surface area contributed by atoms with Crippen molar-refractivity contribution in [3.63, 3.8) is 0 Å². The van der Waals surface area contributed by atoms with Crippen molar-refractivity contribution in [3.8, 4) is 5.75 Å². The molecule has 0 amide bonds. The van der Waals surface area contributed by atoms with Gasteiger partial charge in [-0.1, -0.05) is 48.0 Å². The molecule has 2 aliphatic rings. The van der Waals surface area contributed by atoms with Crippen LogP contribution in [-0.2, 0) is 6.54 Å². The molecule has 22 heavy (non-hydrogen) atoms. The zero-order valence-corrected chi connectivity index (χ0v) is 13.8. The van der Waals surface area contributed by atoms with Crippen LogP contribution in [0.1, 0.15) is 17.0 Å². The summed E-state index contributed by atoms with van der Waals surface area (Å²) in [5.74, 6) is 2.16. The van der Waals surface area contributed by atoms with Crippen LogP contribution in [0.25, 0.3) is 0 Å². The second-order valence-corrected chi connectivity index (χ2v) is 6.48. The molecule has 2 nitrogen and oxygen atoms in total. The van der Waals surface area contributed by atoms with Crippen LogP contribution in [0.5, 0.6) is 5.75 Å². The van der Waals surface area contributed by atoms with Crippen molar-refractivity contribution in [2.24, 2.45) is 5.92 Å². The summed E-state index contributed by atoms with van der Waals surface area (Å²) in [7, 11) is 0. The summed E-state index contributed by atoms with van der Waals surface area (Å²) < 4.78 is 5.91. The topological polar surface area (TPSA) is 12.5 Å². The largest absolute Gasteiger partial charge is 0.493 e. The molecule has 2 aromatic carbocycles. The van der Waals surface area contributed by atoms with Crippen molar-refractivity contribution in [2.45, 2.75) is 12.5 Å². The van der Waals surface area contributed by atoms with E-state index < -0.39 is 0 Å². The minimum absolute atomic E-state index is 0. The Balaban J connectivity index is 0.00000144. The monoisotopic (exact) mass is 335 g/mol. The zero-order chi connectivity index (χ0) is 14.2. The number of hydrogen-bond donors (Lipinski definition) is 0. The quantitative estimate of drug-likeness (QED) is 0.807. The van der Waals surface area contributed by atoms with Crippen LogP contribution in [0.15, 0.2) is 48.5 Å². The summed E-state index contributed by atoms with van der Waals surface area (Å²) in [5.41, 5.74) is 2.71. The fourth-order valence-corrected chi connectivity index (χ4v) is 3.75. The second-order valence-electron chi connectivity index (χ2n) is 6.04. The molecule has 2 heterocycles. The molecule has 1 saturated heterocycles. The van der Waals surface area contributed by atoms with Gasteiger partial charge in [-0.2, -0.15) is 0 Å². The third-order valence-electron chi connectivity index (χ3n) is 4.59. The van der Waals surface area contributed by atoms with Crippen LogP contribution in [0.4, 0.5) is 0 Å². The van der Waals surface area contributed by atoms with Gasteiger partial charge in [0.15, 0.2) is 0 Å². The van der Waals surface area contributed by atoms with Gasteiger partial charge in [0.05, 0.1) is 6.61 Å². The normalized spacial score (nSPS) is 23.1. The summed E-state index contributed by atoms with van der Waals surface area (Å²) in [6.07, 6.45) is 0. The summed E-state index contributed by atoms with van der Waals surface area (Å²) in [4.78, 5) is 2.54.